The molecule has 0 unspecified atom stereocenters. The highest BCUT2D eigenvalue weighted by atomic mass is 35.5. The highest BCUT2D eigenvalue weighted by Crippen LogP contribution is 2.51. The van der Waals surface area contributed by atoms with E-state index in [4.69, 9.17) is 23.2 Å². The molecule has 1 fully saturated rings. The van der Waals surface area contributed by atoms with Crippen LogP contribution in [0.1, 0.15) is 24.8 Å². The fraction of sp³-hybridized carbons (Fsp3) is 0.455. The largest absolute Gasteiger partial charge is 0.393 e. The van der Waals surface area contributed by atoms with Gasteiger partial charge in [0.25, 0.3) is 0 Å². The van der Waals surface area contributed by atoms with Gasteiger partial charge in [-0.25, -0.2) is 0 Å². The van der Waals surface area contributed by atoms with E-state index in [9.17, 15) is 5.11 Å². The Kier molecular flexibility index (Phi) is 2.74. The van der Waals surface area contributed by atoms with Crippen molar-refractivity contribution in [1.29, 1.82) is 0 Å². The molecule has 0 aliphatic heterocycles. The van der Waals surface area contributed by atoms with E-state index in [0.717, 1.165) is 12.0 Å². The van der Waals surface area contributed by atoms with E-state index in [2.05, 4.69) is 0 Å². The number of aliphatic hydroxyl groups excluding tert-OH is 1. The minimum atomic E-state index is -0.244. The maximum atomic E-state index is 9.40. The van der Waals surface area contributed by atoms with E-state index in [0.29, 0.717) is 21.9 Å². The van der Waals surface area contributed by atoms with Gasteiger partial charge in [-0.2, -0.15) is 0 Å². The Bertz CT molecular complexity index is 349. The third-order valence-electron chi connectivity index (χ3n) is 2.82. The Morgan fingerprint density at radius 2 is 2.14 bits per heavy atom. The highest BCUT2D eigenvalue weighted by Gasteiger charge is 2.42. The van der Waals surface area contributed by atoms with Crippen LogP contribution in [0, 0.1) is 5.92 Å². The summed E-state index contributed by atoms with van der Waals surface area (Å²) in [7, 11) is 0. The van der Waals surface area contributed by atoms with Crippen molar-refractivity contribution in [3.63, 3.8) is 0 Å². The van der Waals surface area contributed by atoms with Crippen molar-refractivity contribution in [2.75, 3.05) is 0 Å². The second-order valence-electron chi connectivity index (χ2n) is 3.91. The molecule has 0 aromatic heterocycles. The average Bonchev–Trinajstić information content (AvgIpc) is 2.83. The number of aliphatic hydroxyl groups is 1. The second-order valence-corrected chi connectivity index (χ2v) is 4.76. The molecule has 76 valence electrons. The lowest BCUT2D eigenvalue weighted by atomic mass is 10.1. The Balaban J connectivity index is 2.19. The molecule has 0 saturated heterocycles. The smallest absolute Gasteiger partial charge is 0.0546 e. The fourth-order valence-corrected chi connectivity index (χ4v) is 2.46. The first-order valence-electron chi connectivity index (χ1n) is 4.72. The molecule has 1 N–H and O–H groups in total. The average molecular weight is 231 g/mol. The Morgan fingerprint density at radius 3 is 2.64 bits per heavy atom. The minimum Gasteiger partial charge on any atom is -0.393 e. The van der Waals surface area contributed by atoms with Crippen LogP contribution < -0.4 is 0 Å². The molecule has 0 bridgehead atoms. The second kappa shape index (κ2) is 3.73. The minimum absolute atomic E-state index is 0.244. The number of benzene rings is 1. The standard InChI is InChI=1S/C11H12Cl2O/c1-6(14)9-5-10(9)8-3-2-7(12)4-11(8)13/h2-4,6,9-10,14H,5H2,1H3/t6-,9-,10+/m0/s1. The van der Waals surface area contributed by atoms with Crippen LogP contribution in [0.5, 0.6) is 0 Å². The lowest BCUT2D eigenvalue weighted by Crippen LogP contribution is -2.03. The van der Waals surface area contributed by atoms with Gasteiger partial charge in [0.05, 0.1) is 6.10 Å². The van der Waals surface area contributed by atoms with Crippen LogP contribution in [-0.4, -0.2) is 11.2 Å². The summed E-state index contributed by atoms with van der Waals surface area (Å²) in [6.07, 6.45) is 0.783. The third kappa shape index (κ3) is 1.90. The fourth-order valence-electron chi connectivity index (χ4n) is 1.91. The van der Waals surface area contributed by atoms with Crippen LogP contribution in [0.4, 0.5) is 0 Å². The first-order chi connectivity index (χ1) is 6.59. The Hall–Kier alpha value is -0.240. The van der Waals surface area contributed by atoms with Crippen LogP contribution in [0.2, 0.25) is 10.0 Å². The van der Waals surface area contributed by atoms with E-state index < -0.39 is 0 Å². The summed E-state index contributed by atoms with van der Waals surface area (Å²) in [5, 5.41) is 10.8. The summed E-state index contributed by atoms with van der Waals surface area (Å²) < 4.78 is 0. The molecule has 3 atom stereocenters. The summed E-state index contributed by atoms with van der Waals surface area (Å²) in [5.41, 5.74) is 1.11. The zero-order valence-electron chi connectivity index (χ0n) is 7.87. The molecule has 1 aromatic carbocycles. The van der Waals surface area contributed by atoms with Crippen LogP contribution in [0.3, 0.4) is 0 Å². The van der Waals surface area contributed by atoms with Crippen molar-refractivity contribution in [3.05, 3.63) is 33.8 Å². The summed E-state index contributed by atoms with van der Waals surface area (Å²) in [6.45, 7) is 1.83. The van der Waals surface area contributed by atoms with Gasteiger partial charge in [-0.3, -0.25) is 0 Å². The molecule has 0 amide bonds. The first kappa shape index (κ1) is 10.3. The number of halogens is 2. The van der Waals surface area contributed by atoms with E-state index in [1.54, 1.807) is 6.07 Å². The number of rotatable bonds is 2. The maximum absolute atomic E-state index is 9.40. The van der Waals surface area contributed by atoms with Crippen molar-refractivity contribution in [1.82, 2.24) is 0 Å². The lowest BCUT2D eigenvalue weighted by molar-refractivity contribution is 0.169. The van der Waals surface area contributed by atoms with Gasteiger partial charge in [0.2, 0.25) is 0 Å². The quantitative estimate of drug-likeness (QED) is 0.826. The molecule has 3 heteroatoms. The molecule has 0 heterocycles. The van der Waals surface area contributed by atoms with Gasteiger partial charge in [-0.15, -0.1) is 0 Å². The molecule has 1 aliphatic rings. The predicted molar refractivity (Wildman–Crippen MR) is 59.0 cm³/mol. The van der Waals surface area contributed by atoms with Crippen molar-refractivity contribution in [3.8, 4) is 0 Å². The predicted octanol–water partition coefficient (Wildman–Crippen LogP) is 3.48. The number of hydrogen-bond donors (Lipinski definition) is 1. The van der Waals surface area contributed by atoms with Crippen LogP contribution in [0.25, 0.3) is 0 Å². The van der Waals surface area contributed by atoms with Crippen molar-refractivity contribution in [2.24, 2.45) is 5.92 Å². The molecular formula is C11H12Cl2O. The van der Waals surface area contributed by atoms with Gasteiger partial charge in [0.1, 0.15) is 0 Å². The first-order valence-corrected chi connectivity index (χ1v) is 5.48. The molecule has 0 radical (unpaired) electrons. The van der Waals surface area contributed by atoms with Gasteiger partial charge in [-0.05, 0) is 42.9 Å². The van der Waals surface area contributed by atoms with Gasteiger partial charge < -0.3 is 5.11 Å². The van der Waals surface area contributed by atoms with Crippen LogP contribution in [0.15, 0.2) is 18.2 Å². The molecular weight excluding hydrogens is 219 g/mol. The maximum Gasteiger partial charge on any atom is 0.0546 e. The van der Waals surface area contributed by atoms with Gasteiger partial charge in [0, 0.05) is 10.0 Å². The SMILES string of the molecule is C[C@H](O)[C@@H]1C[C@@H]1c1ccc(Cl)cc1Cl. The lowest BCUT2D eigenvalue weighted by Gasteiger charge is -2.05. The van der Waals surface area contributed by atoms with E-state index >= 15 is 0 Å². The summed E-state index contributed by atoms with van der Waals surface area (Å²) in [5.74, 6) is 0.786. The van der Waals surface area contributed by atoms with E-state index in [-0.39, 0.29) is 6.10 Å². The van der Waals surface area contributed by atoms with Crippen LogP contribution in [-0.2, 0) is 0 Å². The molecule has 1 aliphatic carbocycles. The van der Waals surface area contributed by atoms with Crippen molar-refractivity contribution < 1.29 is 5.11 Å². The monoisotopic (exact) mass is 230 g/mol. The third-order valence-corrected chi connectivity index (χ3v) is 3.38. The van der Waals surface area contributed by atoms with Gasteiger partial charge in [-0.1, -0.05) is 29.3 Å². The van der Waals surface area contributed by atoms with Crippen molar-refractivity contribution in [2.45, 2.75) is 25.4 Å². The van der Waals surface area contributed by atoms with E-state index in [1.165, 1.54) is 0 Å². The molecule has 14 heavy (non-hydrogen) atoms. The molecule has 0 spiro atoms. The Morgan fingerprint density at radius 1 is 1.43 bits per heavy atom. The molecule has 1 saturated carbocycles. The summed E-state index contributed by atoms with van der Waals surface area (Å²) >= 11 is 11.9. The van der Waals surface area contributed by atoms with Crippen LogP contribution >= 0.6 is 23.2 Å². The van der Waals surface area contributed by atoms with E-state index in [1.807, 2.05) is 19.1 Å². The zero-order valence-corrected chi connectivity index (χ0v) is 9.39. The van der Waals surface area contributed by atoms with Gasteiger partial charge >= 0.3 is 0 Å². The molecule has 2 rings (SSSR count). The summed E-state index contributed by atoms with van der Waals surface area (Å²) in [4.78, 5) is 0. The normalized spacial score (nSPS) is 27.4. The molecule has 1 aromatic rings. The summed E-state index contributed by atoms with van der Waals surface area (Å²) in [6, 6.07) is 5.56. The topological polar surface area (TPSA) is 20.2 Å². The van der Waals surface area contributed by atoms with Gasteiger partial charge in [0.15, 0.2) is 0 Å². The van der Waals surface area contributed by atoms with Crippen molar-refractivity contribution >= 4 is 23.2 Å². The zero-order chi connectivity index (χ0) is 10.3. The highest BCUT2D eigenvalue weighted by molar-refractivity contribution is 6.35. The molecule has 1 nitrogen and oxygen atoms in total. The number of hydrogen-bond acceptors (Lipinski definition) is 1. The Labute approximate surface area is 93.7 Å².